The summed E-state index contributed by atoms with van der Waals surface area (Å²) >= 11 is 12.4. The number of hydrogen-bond acceptors (Lipinski definition) is 4. The maximum Gasteiger partial charge on any atom is 0.265 e. The van der Waals surface area contributed by atoms with Gasteiger partial charge in [-0.3, -0.25) is 4.72 Å². The average Bonchev–Trinajstić information content (AvgIpc) is 2.42. The Bertz CT molecular complexity index is 784. The SMILES string of the molecule is COc1cc(NS(=O)(=O)c2cccnc2Cl)c(Br)cc1Br. The summed E-state index contributed by atoms with van der Waals surface area (Å²) in [7, 11) is -2.36. The number of methoxy groups -OCH3 is 1. The van der Waals surface area contributed by atoms with Crippen molar-refractivity contribution >= 4 is 59.2 Å². The highest BCUT2D eigenvalue weighted by Gasteiger charge is 2.20. The van der Waals surface area contributed by atoms with E-state index in [-0.39, 0.29) is 10.0 Å². The third kappa shape index (κ3) is 3.68. The highest BCUT2D eigenvalue weighted by atomic mass is 79.9. The number of halogens is 3. The van der Waals surface area contributed by atoms with E-state index in [2.05, 4.69) is 41.6 Å². The molecule has 2 rings (SSSR count). The Hall–Kier alpha value is -0.830. The van der Waals surface area contributed by atoms with Crippen LogP contribution in [0.4, 0.5) is 5.69 Å². The third-order valence-electron chi connectivity index (χ3n) is 2.50. The molecule has 0 aliphatic heterocycles. The third-order valence-corrected chi connectivity index (χ3v) is 5.59. The fourth-order valence-electron chi connectivity index (χ4n) is 1.54. The van der Waals surface area contributed by atoms with Gasteiger partial charge in [-0.15, -0.1) is 0 Å². The second kappa shape index (κ2) is 6.51. The van der Waals surface area contributed by atoms with Gasteiger partial charge in [0.2, 0.25) is 0 Å². The molecule has 1 aromatic heterocycles. The zero-order valence-corrected chi connectivity index (χ0v) is 15.3. The lowest BCUT2D eigenvalue weighted by molar-refractivity contribution is 0.412. The fraction of sp³-hybridized carbons (Fsp3) is 0.0833. The number of benzene rings is 1. The van der Waals surface area contributed by atoms with Crippen LogP contribution in [0.2, 0.25) is 5.15 Å². The molecule has 21 heavy (non-hydrogen) atoms. The molecule has 9 heteroatoms. The molecule has 1 aromatic carbocycles. The first-order valence-electron chi connectivity index (χ1n) is 5.51. The van der Waals surface area contributed by atoms with Crippen LogP contribution in [-0.2, 0) is 10.0 Å². The van der Waals surface area contributed by atoms with Crippen LogP contribution < -0.4 is 9.46 Å². The molecule has 0 saturated carbocycles. The molecule has 1 heterocycles. The summed E-state index contributed by atoms with van der Waals surface area (Å²) in [6.45, 7) is 0. The normalized spacial score (nSPS) is 11.2. The molecule has 2 aromatic rings. The van der Waals surface area contributed by atoms with E-state index in [0.29, 0.717) is 20.4 Å². The van der Waals surface area contributed by atoms with Crippen LogP contribution in [0.3, 0.4) is 0 Å². The average molecular weight is 457 g/mol. The highest BCUT2D eigenvalue weighted by molar-refractivity contribution is 9.11. The van der Waals surface area contributed by atoms with E-state index in [4.69, 9.17) is 16.3 Å². The van der Waals surface area contributed by atoms with Crippen molar-refractivity contribution in [3.05, 3.63) is 44.6 Å². The summed E-state index contributed by atoms with van der Waals surface area (Å²) in [6, 6.07) is 6.11. The van der Waals surface area contributed by atoms with Gasteiger partial charge in [-0.2, -0.15) is 0 Å². The van der Waals surface area contributed by atoms with Gasteiger partial charge in [-0.05, 0) is 50.1 Å². The Labute approximate surface area is 144 Å². The largest absolute Gasteiger partial charge is 0.495 e. The van der Waals surface area contributed by atoms with E-state index < -0.39 is 10.0 Å². The summed E-state index contributed by atoms with van der Waals surface area (Å²) in [6.07, 6.45) is 1.42. The number of pyridine rings is 1. The minimum absolute atomic E-state index is 0.0924. The van der Waals surface area contributed by atoms with E-state index in [1.165, 1.54) is 25.4 Å². The number of rotatable bonds is 4. The highest BCUT2D eigenvalue weighted by Crippen LogP contribution is 2.35. The maximum absolute atomic E-state index is 12.4. The van der Waals surface area contributed by atoms with Crippen molar-refractivity contribution in [1.29, 1.82) is 0 Å². The lowest BCUT2D eigenvalue weighted by atomic mass is 10.3. The lowest BCUT2D eigenvalue weighted by Crippen LogP contribution is -2.14. The minimum Gasteiger partial charge on any atom is -0.495 e. The Kier molecular flexibility index (Phi) is 5.13. The van der Waals surface area contributed by atoms with Gasteiger partial charge in [-0.25, -0.2) is 13.4 Å². The van der Waals surface area contributed by atoms with Crippen LogP contribution >= 0.6 is 43.5 Å². The zero-order valence-electron chi connectivity index (χ0n) is 10.6. The lowest BCUT2D eigenvalue weighted by Gasteiger charge is -2.12. The molecule has 0 bridgehead atoms. The standard InChI is InChI=1S/C12H9Br2ClN2O3S/c1-20-10-6-9(7(13)5-8(10)14)17-21(18,19)11-3-2-4-16-12(11)15/h2-6,17H,1H3. The summed E-state index contributed by atoms with van der Waals surface area (Å²) in [5, 5.41) is -0.0924. The molecule has 0 fully saturated rings. The number of aromatic nitrogens is 1. The van der Waals surface area contributed by atoms with Crippen LogP contribution in [0.15, 0.2) is 44.3 Å². The number of hydrogen-bond donors (Lipinski definition) is 1. The summed E-state index contributed by atoms with van der Waals surface area (Å²) < 4.78 is 33.5. The van der Waals surface area contributed by atoms with Gasteiger partial charge in [0.15, 0.2) is 0 Å². The Balaban J connectivity index is 2.44. The van der Waals surface area contributed by atoms with Crippen molar-refractivity contribution in [2.75, 3.05) is 11.8 Å². The van der Waals surface area contributed by atoms with Crippen molar-refractivity contribution in [3.63, 3.8) is 0 Å². The van der Waals surface area contributed by atoms with Gasteiger partial charge in [0.05, 0.1) is 17.3 Å². The fourth-order valence-corrected chi connectivity index (χ4v) is 4.45. The molecular weight excluding hydrogens is 447 g/mol. The van der Waals surface area contributed by atoms with Crippen molar-refractivity contribution in [2.24, 2.45) is 0 Å². The van der Waals surface area contributed by atoms with Gasteiger partial charge >= 0.3 is 0 Å². The van der Waals surface area contributed by atoms with Crippen LogP contribution in [-0.4, -0.2) is 20.5 Å². The smallest absolute Gasteiger partial charge is 0.265 e. The van der Waals surface area contributed by atoms with Crippen LogP contribution in [0.5, 0.6) is 5.75 Å². The number of ether oxygens (including phenoxy) is 1. The predicted octanol–water partition coefficient (Wildman–Crippen LogP) is 4.07. The van der Waals surface area contributed by atoms with E-state index in [1.807, 2.05) is 0 Å². The van der Waals surface area contributed by atoms with Crippen molar-refractivity contribution < 1.29 is 13.2 Å². The molecule has 0 spiro atoms. The first-order chi connectivity index (χ1) is 9.85. The van der Waals surface area contributed by atoms with Crippen LogP contribution in [0.1, 0.15) is 0 Å². The molecule has 0 radical (unpaired) electrons. The van der Waals surface area contributed by atoms with Crippen LogP contribution in [0, 0.1) is 0 Å². The summed E-state index contributed by atoms with van der Waals surface area (Å²) in [5.74, 6) is 0.494. The second-order valence-electron chi connectivity index (χ2n) is 3.86. The van der Waals surface area contributed by atoms with E-state index in [0.717, 1.165) is 0 Å². The van der Waals surface area contributed by atoms with E-state index in [9.17, 15) is 8.42 Å². The molecule has 0 unspecified atom stereocenters. The molecule has 0 atom stereocenters. The van der Waals surface area contributed by atoms with Gasteiger partial charge in [0.1, 0.15) is 15.8 Å². The molecule has 5 nitrogen and oxygen atoms in total. The number of anilines is 1. The first-order valence-corrected chi connectivity index (χ1v) is 8.96. The Morgan fingerprint density at radius 1 is 1.29 bits per heavy atom. The quantitative estimate of drug-likeness (QED) is 0.705. The van der Waals surface area contributed by atoms with Crippen molar-refractivity contribution in [1.82, 2.24) is 4.98 Å². The molecule has 0 saturated heterocycles. The second-order valence-corrected chi connectivity index (χ2v) is 7.58. The molecule has 0 aliphatic carbocycles. The van der Waals surface area contributed by atoms with E-state index in [1.54, 1.807) is 12.1 Å². The molecular formula is C12H9Br2ClN2O3S. The molecule has 112 valence electrons. The number of sulfonamides is 1. The summed E-state index contributed by atoms with van der Waals surface area (Å²) in [5.41, 5.74) is 0.329. The van der Waals surface area contributed by atoms with E-state index >= 15 is 0 Å². The molecule has 1 N–H and O–H groups in total. The number of nitrogens with one attached hydrogen (secondary N) is 1. The number of nitrogens with zero attached hydrogens (tertiary/aromatic N) is 1. The van der Waals surface area contributed by atoms with Gasteiger partial charge in [0.25, 0.3) is 10.0 Å². The monoisotopic (exact) mass is 454 g/mol. The Morgan fingerprint density at radius 2 is 2.00 bits per heavy atom. The Morgan fingerprint density at radius 3 is 2.62 bits per heavy atom. The summed E-state index contributed by atoms with van der Waals surface area (Å²) in [4.78, 5) is 3.66. The van der Waals surface area contributed by atoms with Gasteiger partial charge in [-0.1, -0.05) is 11.6 Å². The minimum atomic E-state index is -3.85. The first kappa shape index (κ1) is 16.5. The predicted molar refractivity (Wildman–Crippen MR) is 88.4 cm³/mol. The molecule has 0 amide bonds. The van der Waals surface area contributed by atoms with Gasteiger partial charge < -0.3 is 4.74 Å². The van der Waals surface area contributed by atoms with Crippen LogP contribution in [0.25, 0.3) is 0 Å². The van der Waals surface area contributed by atoms with Crippen molar-refractivity contribution in [3.8, 4) is 5.75 Å². The van der Waals surface area contributed by atoms with Gasteiger partial charge in [0, 0.05) is 16.7 Å². The maximum atomic E-state index is 12.4. The topological polar surface area (TPSA) is 68.3 Å². The van der Waals surface area contributed by atoms with Crippen molar-refractivity contribution in [2.45, 2.75) is 4.90 Å². The molecule has 0 aliphatic rings. The zero-order chi connectivity index (χ0) is 15.6.